The number of carbonyl (C=O) groups is 1. The van der Waals surface area contributed by atoms with E-state index < -0.39 is 5.91 Å². The lowest BCUT2D eigenvalue weighted by atomic mass is 10.2. The Kier molecular flexibility index (Phi) is 9.94. The Balaban J connectivity index is 2.40. The normalized spacial score (nSPS) is 11.0. The van der Waals surface area contributed by atoms with Crippen LogP contribution in [0.5, 0.6) is 0 Å². The third-order valence-corrected chi connectivity index (χ3v) is 3.78. The predicted octanol–water partition coefficient (Wildman–Crippen LogP) is 4.14. The first-order valence-electron chi connectivity index (χ1n) is 7.76. The first-order chi connectivity index (χ1) is 11.6. The molecule has 0 spiro atoms. The number of ether oxygens (including phenoxy) is 1. The summed E-state index contributed by atoms with van der Waals surface area (Å²) in [6.07, 6.45) is 4.37. The van der Waals surface area contributed by atoms with Crippen molar-refractivity contribution >= 4 is 34.8 Å². The Morgan fingerprint density at radius 2 is 2.04 bits per heavy atom. The van der Waals surface area contributed by atoms with Crippen LogP contribution in [0.1, 0.15) is 26.2 Å². The van der Waals surface area contributed by atoms with Crippen LogP contribution in [-0.2, 0) is 9.53 Å². The Morgan fingerprint density at radius 1 is 1.29 bits per heavy atom. The number of carbonyl (C=O) groups excluding carboxylic acids is 1. The van der Waals surface area contributed by atoms with E-state index in [0.717, 1.165) is 25.9 Å². The van der Waals surface area contributed by atoms with Crippen molar-refractivity contribution in [2.24, 2.45) is 0 Å². The molecule has 0 heterocycles. The molecule has 0 atom stereocenters. The first kappa shape index (κ1) is 20.3. The van der Waals surface area contributed by atoms with Crippen molar-refractivity contribution in [3.05, 3.63) is 40.0 Å². The van der Waals surface area contributed by atoms with Crippen molar-refractivity contribution < 1.29 is 9.53 Å². The zero-order valence-corrected chi connectivity index (χ0v) is 15.1. The van der Waals surface area contributed by atoms with Crippen molar-refractivity contribution in [1.29, 1.82) is 5.26 Å². The van der Waals surface area contributed by atoms with Gasteiger partial charge in [-0.3, -0.25) is 4.79 Å². The number of anilines is 1. The number of nitrogens with zero attached hydrogens (tertiary/aromatic N) is 1. The summed E-state index contributed by atoms with van der Waals surface area (Å²) < 4.78 is 5.43. The maximum absolute atomic E-state index is 12.0. The number of nitriles is 1. The van der Waals surface area contributed by atoms with Gasteiger partial charge in [0.05, 0.1) is 10.0 Å². The van der Waals surface area contributed by atoms with Gasteiger partial charge in [-0.1, -0.05) is 36.5 Å². The highest BCUT2D eigenvalue weighted by atomic mass is 35.5. The highest BCUT2D eigenvalue weighted by Crippen LogP contribution is 2.25. The second kappa shape index (κ2) is 11.7. The molecule has 130 valence electrons. The van der Waals surface area contributed by atoms with Crippen LogP contribution in [0.3, 0.4) is 0 Å². The molecule has 0 saturated carbocycles. The molecule has 0 aromatic heterocycles. The summed E-state index contributed by atoms with van der Waals surface area (Å²) in [5.74, 6) is -0.511. The third-order valence-electron chi connectivity index (χ3n) is 3.04. The third kappa shape index (κ3) is 7.69. The molecule has 0 radical (unpaired) electrons. The van der Waals surface area contributed by atoms with Gasteiger partial charge in [0.25, 0.3) is 5.91 Å². The second-order valence-electron chi connectivity index (χ2n) is 5.03. The highest BCUT2D eigenvalue weighted by molar-refractivity contribution is 6.42. The van der Waals surface area contributed by atoms with Gasteiger partial charge >= 0.3 is 0 Å². The van der Waals surface area contributed by atoms with Crippen molar-refractivity contribution in [1.82, 2.24) is 5.32 Å². The van der Waals surface area contributed by atoms with E-state index >= 15 is 0 Å². The lowest BCUT2D eigenvalue weighted by molar-refractivity contribution is -0.112. The number of benzene rings is 1. The second-order valence-corrected chi connectivity index (χ2v) is 5.84. The molecule has 1 aromatic carbocycles. The van der Waals surface area contributed by atoms with Crippen molar-refractivity contribution in [3.8, 4) is 6.07 Å². The molecule has 1 amide bonds. The molecule has 1 rings (SSSR count). The highest BCUT2D eigenvalue weighted by Gasteiger charge is 2.10. The quantitative estimate of drug-likeness (QED) is 0.369. The zero-order valence-electron chi connectivity index (χ0n) is 13.6. The summed E-state index contributed by atoms with van der Waals surface area (Å²) in [5, 5.41) is 15.4. The van der Waals surface area contributed by atoms with E-state index in [4.69, 9.17) is 33.2 Å². The molecule has 2 N–H and O–H groups in total. The van der Waals surface area contributed by atoms with E-state index in [1.54, 1.807) is 12.1 Å². The number of rotatable bonds is 10. The summed E-state index contributed by atoms with van der Waals surface area (Å²) in [7, 11) is 0. The van der Waals surface area contributed by atoms with E-state index in [2.05, 4.69) is 17.6 Å². The van der Waals surface area contributed by atoms with Crippen LogP contribution in [0.25, 0.3) is 0 Å². The lowest BCUT2D eigenvalue weighted by Crippen LogP contribution is -2.17. The minimum Gasteiger partial charge on any atom is -0.390 e. The number of amides is 1. The van der Waals surface area contributed by atoms with Gasteiger partial charge in [-0.15, -0.1) is 0 Å². The van der Waals surface area contributed by atoms with Gasteiger partial charge in [-0.05, 0) is 31.0 Å². The number of hydrogen-bond donors (Lipinski definition) is 2. The zero-order chi connectivity index (χ0) is 17.8. The van der Waals surface area contributed by atoms with Crippen LogP contribution < -0.4 is 10.6 Å². The van der Waals surface area contributed by atoms with Crippen LogP contribution in [-0.4, -0.2) is 25.7 Å². The smallest absolute Gasteiger partial charge is 0.267 e. The molecule has 0 aliphatic rings. The van der Waals surface area contributed by atoms with Gasteiger partial charge in [-0.25, -0.2) is 0 Å². The molecule has 0 bridgehead atoms. The predicted molar refractivity (Wildman–Crippen MR) is 97.1 cm³/mol. The van der Waals surface area contributed by atoms with E-state index in [1.165, 1.54) is 12.3 Å². The van der Waals surface area contributed by atoms with Gasteiger partial charge in [0.15, 0.2) is 0 Å². The van der Waals surface area contributed by atoms with Gasteiger partial charge in [0.2, 0.25) is 0 Å². The molecule has 0 saturated heterocycles. The van der Waals surface area contributed by atoms with Crippen molar-refractivity contribution in [2.75, 3.05) is 25.1 Å². The first-order valence-corrected chi connectivity index (χ1v) is 8.52. The van der Waals surface area contributed by atoms with Crippen LogP contribution in [0.4, 0.5) is 5.69 Å². The number of hydrogen-bond acceptors (Lipinski definition) is 4. The molecule has 0 unspecified atom stereocenters. The summed E-state index contributed by atoms with van der Waals surface area (Å²) in [5.41, 5.74) is 0.452. The molecule has 7 heteroatoms. The van der Waals surface area contributed by atoms with Gasteiger partial charge in [0.1, 0.15) is 11.6 Å². The number of halogens is 2. The maximum atomic E-state index is 12.0. The largest absolute Gasteiger partial charge is 0.390 e. The average molecular weight is 370 g/mol. The molecular weight excluding hydrogens is 349 g/mol. The van der Waals surface area contributed by atoms with Crippen LogP contribution in [0.2, 0.25) is 10.0 Å². The molecule has 0 aliphatic heterocycles. The number of unbranched alkanes of at least 4 members (excludes halogenated alkanes) is 1. The molecule has 24 heavy (non-hydrogen) atoms. The Hall–Kier alpha value is -1.74. The molecule has 0 fully saturated rings. The number of nitrogens with one attached hydrogen (secondary N) is 2. The minimum absolute atomic E-state index is 0.0204. The topological polar surface area (TPSA) is 74.1 Å². The van der Waals surface area contributed by atoms with Crippen molar-refractivity contribution in [3.63, 3.8) is 0 Å². The fourth-order valence-corrected chi connectivity index (χ4v) is 2.02. The summed E-state index contributed by atoms with van der Waals surface area (Å²) >= 11 is 11.7. The van der Waals surface area contributed by atoms with Crippen LogP contribution in [0.15, 0.2) is 30.0 Å². The Morgan fingerprint density at radius 3 is 2.71 bits per heavy atom. The van der Waals surface area contributed by atoms with Crippen LogP contribution in [0, 0.1) is 11.3 Å². The summed E-state index contributed by atoms with van der Waals surface area (Å²) in [6, 6.07) is 6.58. The fraction of sp³-hybridized carbons (Fsp3) is 0.412. The lowest BCUT2D eigenvalue weighted by Gasteiger charge is -2.06. The van der Waals surface area contributed by atoms with E-state index in [1.807, 2.05) is 6.07 Å². The van der Waals surface area contributed by atoms with Gasteiger partial charge in [-0.2, -0.15) is 5.26 Å². The molecule has 5 nitrogen and oxygen atoms in total. The Bertz CT molecular complexity index is 612. The molecule has 0 aliphatic carbocycles. The Labute approximate surface area is 152 Å². The van der Waals surface area contributed by atoms with E-state index in [-0.39, 0.29) is 5.57 Å². The SMILES string of the molecule is CCCCOCCCN/C=C(/C#N)C(=O)Nc1ccc(Cl)c(Cl)c1. The summed E-state index contributed by atoms with van der Waals surface area (Å²) in [4.78, 5) is 12.0. The van der Waals surface area contributed by atoms with Gasteiger partial charge < -0.3 is 15.4 Å². The molecular formula is C17H21Cl2N3O2. The fourth-order valence-electron chi connectivity index (χ4n) is 1.72. The maximum Gasteiger partial charge on any atom is 0.267 e. The van der Waals surface area contributed by atoms with Gasteiger partial charge in [0, 0.05) is 31.6 Å². The van der Waals surface area contributed by atoms with E-state index in [9.17, 15) is 4.79 Å². The average Bonchev–Trinajstić information content (AvgIpc) is 2.57. The standard InChI is InChI=1S/C17H21Cl2N3O2/c1-2-3-8-24-9-4-7-21-12-13(11-20)17(23)22-14-5-6-15(18)16(19)10-14/h5-6,10,12,21H,2-4,7-9H2,1H3,(H,22,23)/b13-12-. The van der Waals surface area contributed by atoms with Crippen molar-refractivity contribution in [2.45, 2.75) is 26.2 Å². The monoisotopic (exact) mass is 369 g/mol. The van der Waals surface area contributed by atoms with Crippen LogP contribution >= 0.6 is 23.2 Å². The van der Waals surface area contributed by atoms with E-state index in [0.29, 0.717) is 28.9 Å². The molecule has 1 aromatic rings. The minimum atomic E-state index is -0.511. The summed E-state index contributed by atoms with van der Waals surface area (Å²) in [6.45, 7) is 4.15.